The Hall–Kier alpha value is -3.20. The third kappa shape index (κ3) is 7.77. The van der Waals surface area contributed by atoms with Gasteiger partial charge in [0.05, 0.1) is 31.3 Å². The van der Waals surface area contributed by atoms with Crippen molar-refractivity contribution in [3.05, 3.63) is 63.6 Å². The van der Waals surface area contributed by atoms with Crippen molar-refractivity contribution in [2.24, 2.45) is 11.8 Å². The predicted molar refractivity (Wildman–Crippen MR) is 181 cm³/mol. The van der Waals surface area contributed by atoms with Crippen molar-refractivity contribution >= 4 is 29.2 Å². The van der Waals surface area contributed by atoms with E-state index in [2.05, 4.69) is 34.4 Å². The standard InChI is InChI=1S/C35H43ClN4O8S/c1-21(2)15-39(16-23-7-10-28-29(14-23)46-20-45-28)17-30-27(13-22-5-8-24(9-6-22)43-18-26-32(36)49-38-37-26)40(35(3,4)48-30)34(41)47-31-19-44-33-25(31)11-12-42-33/h5-10,14,21,25,27,30-31,33H,11-13,15-20H2,1-4H3. The van der Waals surface area contributed by atoms with Crippen LogP contribution in [0.3, 0.4) is 0 Å². The zero-order valence-corrected chi connectivity index (χ0v) is 29.8. The van der Waals surface area contributed by atoms with Crippen LogP contribution < -0.4 is 14.2 Å². The van der Waals surface area contributed by atoms with Gasteiger partial charge in [0, 0.05) is 31.2 Å². The fraction of sp³-hybridized carbons (Fsp3) is 0.571. The minimum Gasteiger partial charge on any atom is -0.487 e. The van der Waals surface area contributed by atoms with Crippen molar-refractivity contribution in [2.45, 2.75) is 84.0 Å². The first-order chi connectivity index (χ1) is 23.6. The second kappa shape index (κ2) is 14.6. The highest BCUT2D eigenvalue weighted by atomic mass is 35.5. The summed E-state index contributed by atoms with van der Waals surface area (Å²) in [6.07, 6.45) is -0.0175. The van der Waals surface area contributed by atoms with E-state index in [4.69, 9.17) is 44.8 Å². The molecule has 2 aromatic carbocycles. The molecule has 14 heteroatoms. The molecular weight excluding hydrogens is 672 g/mol. The number of halogens is 1. The maximum atomic E-state index is 14.1. The average Bonchev–Trinajstić information content (AvgIpc) is 3.88. The van der Waals surface area contributed by atoms with Gasteiger partial charge in [-0.2, -0.15) is 0 Å². The van der Waals surface area contributed by atoms with E-state index in [1.807, 2.05) is 50.2 Å². The largest absolute Gasteiger partial charge is 0.487 e. The van der Waals surface area contributed by atoms with Crippen LogP contribution in [-0.2, 0) is 38.5 Å². The molecule has 0 N–H and O–H groups in total. The number of aromatic nitrogens is 2. The van der Waals surface area contributed by atoms with Gasteiger partial charge in [-0.05, 0) is 68.0 Å². The first-order valence-corrected chi connectivity index (χ1v) is 18.0. The minimum absolute atomic E-state index is 0.0375. The van der Waals surface area contributed by atoms with Gasteiger partial charge in [0.1, 0.15) is 34.2 Å². The Labute approximate surface area is 295 Å². The summed E-state index contributed by atoms with van der Waals surface area (Å²) in [5.74, 6) is 2.66. The normalized spacial score (nSPS) is 25.4. The van der Waals surface area contributed by atoms with Gasteiger partial charge >= 0.3 is 6.09 Å². The van der Waals surface area contributed by atoms with E-state index in [1.54, 1.807) is 4.90 Å². The third-order valence-electron chi connectivity index (χ3n) is 9.37. The maximum Gasteiger partial charge on any atom is 0.412 e. The molecule has 264 valence electrons. The zero-order valence-electron chi connectivity index (χ0n) is 28.2. The third-order valence-corrected chi connectivity index (χ3v) is 10.4. The van der Waals surface area contributed by atoms with Crippen molar-refractivity contribution in [1.82, 2.24) is 19.4 Å². The molecule has 3 aromatic rings. The Morgan fingerprint density at radius 1 is 1.12 bits per heavy atom. The van der Waals surface area contributed by atoms with Gasteiger partial charge in [0.25, 0.3) is 0 Å². The van der Waals surface area contributed by atoms with Crippen LogP contribution in [0.25, 0.3) is 0 Å². The molecule has 4 aliphatic heterocycles. The Morgan fingerprint density at radius 3 is 2.69 bits per heavy atom. The molecule has 12 nitrogen and oxygen atoms in total. The van der Waals surface area contributed by atoms with Gasteiger partial charge in [-0.15, -0.1) is 5.10 Å². The van der Waals surface area contributed by atoms with Gasteiger partial charge < -0.3 is 33.2 Å². The number of hydrogen-bond donors (Lipinski definition) is 0. The van der Waals surface area contributed by atoms with Gasteiger partial charge in [-0.3, -0.25) is 9.80 Å². The van der Waals surface area contributed by atoms with E-state index >= 15 is 0 Å². The monoisotopic (exact) mass is 714 g/mol. The molecule has 1 aromatic heterocycles. The van der Waals surface area contributed by atoms with Crippen LogP contribution in [0.15, 0.2) is 42.5 Å². The molecule has 3 saturated heterocycles. The molecule has 3 fully saturated rings. The quantitative estimate of drug-likeness (QED) is 0.223. The van der Waals surface area contributed by atoms with E-state index in [-0.39, 0.29) is 43.9 Å². The van der Waals surface area contributed by atoms with Gasteiger partial charge in [0.15, 0.2) is 17.8 Å². The summed E-state index contributed by atoms with van der Waals surface area (Å²) in [6, 6.07) is 13.7. The molecular formula is C35H43ClN4O8S. The van der Waals surface area contributed by atoms with Crippen molar-refractivity contribution in [1.29, 1.82) is 0 Å². The second-order valence-electron chi connectivity index (χ2n) is 13.9. The number of carbonyl (C=O) groups excluding carboxylic acids is 1. The highest BCUT2D eigenvalue weighted by Gasteiger charge is 2.52. The van der Waals surface area contributed by atoms with Crippen molar-refractivity contribution in [3.8, 4) is 17.2 Å². The number of fused-ring (bicyclic) bond motifs is 2. The molecule has 7 rings (SSSR count). The summed E-state index contributed by atoms with van der Waals surface area (Å²) in [5, 5.41) is 4.02. The number of hydrogen-bond acceptors (Lipinski definition) is 12. The summed E-state index contributed by atoms with van der Waals surface area (Å²) in [7, 11) is 0. The lowest BCUT2D eigenvalue weighted by Crippen LogP contribution is -2.51. The van der Waals surface area contributed by atoms with Crippen molar-refractivity contribution in [3.63, 3.8) is 0 Å². The van der Waals surface area contributed by atoms with Crippen molar-refractivity contribution < 1.29 is 38.0 Å². The first-order valence-electron chi connectivity index (χ1n) is 16.8. The van der Waals surface area contributed by atoms with Gasteiger partial charge in [-0.1, -0.05) is 48.1 Å². The molecule has 0 radical (unpaired) electrons. The van der Waals surface area contributed by atoms with Gasteiger partial charge in [0.2, 0.25) is 6.79 Å². The Kier molecular flexibility index (Phi) is 10.2. The Bertz CT molecular complexity index is 1610. The molecule has 49 heavy (non-hydrogen) atoms. The number of ether oxygens (including phenoxy) is 7. The van der Waals surface area contributed by atoms with E-state index < -0.39 is 11.8 Å². The SMILES string of the molecule is CC(C)CN(Cc1ccc2c(c1)OCO2)CC1OC(C)(C)N(C(=O)OC2COC3OCCC23)C1Cc1ccc(OCc2nnsc2Cl)cc1. The molecule has 5 heterocycles. The first kappa shape index (κ1) is 34.3. The molecule has 1 amide bonds. The lowest BCUT2D eigenvalue weighted by molar-refractivity contribution is -0.0912. The van der Waals surface area contributed by atoms with Crippen LogP contribution >= 0.6 is 23.1 Å². The molecule has 5 atom stereocenters. The van der Waals surface area contributed by atoms with Crippen LogP contribution in [0.5, 0.6) is 17.2 Å². The Balaban J connectivity index is 1.11. The van der Waals surface area contributed by atoms with Crippen molar-refractivity contribution in [2.75, 3.05) is 33.1 Å². The van der Waals surface area contributed by atoms with E-state index in [1.165, 1.54) is 0 Å². The smallest absolute Gasteiger partial charge is 0.412 e. The topological polar surface area (TPSA) is 114 Å². The van der Waals surface area contributed by atoms with Crippen LogP contribution in [0.4, 0.5) is 4.79 Å². The highest BCUT2D eigenvalue weighted by Crippen LogP contribution is 2.39. The summed E-state index contributed by atoms with van der Waals surface area (Å²) < 4.78 is 45.9. The number of carbonyl (C=O) groups is 1. The second-order valence-corrected chi connectivity index (χ2v) is 15.2. The zero-order chi connectivity index (χ0) is 34.1. The van der Waals surface area contributed by atoms with E-state index in [0.717, 1.165) is 47.1 Å². The minimum atomic E-state index is -0.913. The van der Waals surface area contributed by atoms with E-state index in [9.17, 15) is 4.79 Å². The Morgan fingerprint density at radius 2 is 1.92 bits per heavy atom. The summed E-state index contributed by atoms with van der Waals surface area (Å²) in [5.41, 5.74) is 1.85. The summed E-state index contributed by atoms with van der Waals surface area (Å²) in [6.45, 7) is 11.8. The van der Waals surface area contributed by atoms with Crippen LogP contribution in [0.1, 0.15) is 50.9 Å². The van der Waals surface area contributed by atoms with E-state index in [0.29, 0.717) is 54.4 Å². The summed E-state index contributed by atoms with van der Waals surface area (Å²) in [4.78, 5) is 18.3. The summed E-state index contributed by atoms with van der Waals surface area (Å²) >= 11 is 7.28. The molecule has 4 aliphatic rings. The molecule has 0 saturated carbocycles. The lowest BCUT2D eigenvalue weighted by Gasteiger charge is -2.34. The van der Waals surface area contributed by atoms with Gasteiger partial charge in [-0.25, -0.2) is 4.79 Å². The molecule has 5 unspecified atom stereocenters. The average molecular weight is 715 g/mol. The number of nitrogens with zero attached hydrogens (tertiary/aromatic N) is 4. The fourth-order valence-corrected chi connectivity index (χ4v) is 7.81. The lowest BCUT2D eigenvalue weighted by atomic mass is 9.99. The predicted octanol–water partition coefficient (Wildman–Crippen LogP) is 5.90. The number of amides is 1. The molecule has 0 bridgehead atoms. The highest BCUT2D eigenvalue weighted by molar-refractivity contribution is 7.10. The van der Waals surface area contributed by atoms with Crippen LogP contribution in [-0.4, -0.2) is 88.8 Å². The fourth-order valence-electron chi connectivity index (χ4n) is 7.21. The number of rotatable bonds is 12. The maximum absolute atomic E-state index is 14.1. The van der Waals surface area contributed by atoms with Crippen LogP contribution in [0, 0.1) is 11.8 Å². The molecule has 0 spiro atoms. The number of benzene rings is 2. The molecule has 0 aliphatic carbocycles. The van der Waals surface area contributed by atoms with Crippen LogP contribution in [0.2, 0.25) is 4.34 Å².